The van der Waals surface area contributed by atoms with E-state index in [0.29, 0.717) is 18.7 Å². The van der Waals surface area contributed by atoms with Gasteiger partial charge < -0.3 is 19.2 Å². The minimum absolute atomic E-state index is 0.0382. The summed E-state index contributed by atoms with van der Waals surface area (Å²) in [7, 11) is 3.61. The molecule has 2 aromatic carbocycles. The molecule has 7 nitrogen and oxygen atoms in total. The molecular weight excluding hydrogens is 464 g/mol. The smallest absolute Gasteiger partial charge is 0.274 e. The van der Waals surface area contributed by atoms with E-state index in [4.69, 9.17) is 4.74 Å². The number of aromatic amines is 1. The number of nitrogens with one attached hydrogen (secondary N) is 1. The fourth-order valence-corrected chi connectivity index (χ4v) is 4.65. The minimum atomic E-state index is -0.106. The summed E-state index contributed by atoms with van der Waals surface area (Å²) in [6.07, 6.45) is 3.66. The van der Waals surface area contributed by atoms with Crippen molar-refractivity contribution in [1.29, 1.82) is 0 Å². The van der Waals surface area contributed by atoms with Gasteiger partial charge in [-0.05, 0) is 55.0 Å². The number of hydrogen-bond donors (Lipinski definition) is 1. The van der Waals surface area contributed by atoms with Gasteiger partial charge in [0.1, 0.15) is 17.9 Å². The molecule has 4 aromatic rings. The van der Waals surface area contributed by atoms with Gasteiger partial charge in [0.05, 0.1) is 6.04 Å². The maximum absolute atomic E-state index is 12.3. The molecule has 0 saturated carbocycles. The second kappa shape index (κ2) is 10.4. The van der Waals surface area contributed by atoms with Gasteiger partial charge in [-0.2, -0.15) is 0 Å². The summed E-state index contributed by atoms with van der Waals surface area (Å²) in [5.74, 6) is 7.37. The third kappa shape index (κ3) is 5.16. The summed E-state index contributed by atoms with van der Waals surface area (Å²) in [6.45, 7) is 4.81. The normalized spacial score (nSPS) is 16.0. The lowest BCUT2D eigenvalue weighted by Crippen LogP contribution is -2.55. The zero-order chi connectivity index (χ0) is 25.9. The summed E-state index contributed by atoms with van der Waals surface area (Å²) >= 11 is 0. The van der Waals surface area contributed by atoms with Crippen molar-refractivity contribution in [3.05, 3.63) is 88.5 Å². The van der Waals surface area contributed by atoms with Gasteiger partial charge in [-0.3, -0.25) is 14.5 Å². The molecule has 0 aliphatic carbocycles. The Hall–Kier alpha value is -4.28. The molecular formula is C30H30N4O3. The Balaban J connectivity index is 1.20. The Morgan fingerprint density at radius 2 is 1.62 bits per heavy atom. The number of aryl methyl sites for hydroxylation is 1. The Bertz CT molecular complexity index is 1540. The van der Waals surface area contributed by atoms with Crippen LogP contribution >= 0.6 is 0 Å². The molecule has 0 radical (unpaired) electrons. The highest BCUT2D eigenvalue weighted by Crippen LogP contribution is 2.26. The molecule has 1 atom stereocenters. The first-order valence-corrected chi connectivity index (χ1v) is 12.4. The highest BCUT2D eigenvalue weighted by atomic mass is 16.5. The van der Waals surface area contributed by atoms with Crippen LogP contribution in [0.25, 0.3) is 22.0 Å². The van der Waals surface area contributed by atoms with Crippen LogP contribution in [0, 0.1) is 11.8 Å². The third-order valence-corrected chi connectivity index (χ3v) is 6.95. The largest absolute Gasteiger partial charge is 0.492 e. The van der Waals surface area contributed by atoms with Crippen LogP contribution in [-0.2, 0) is 11.8 Å². The number of amides is 1. The van der Waals surface area contributed by atoms with Crippen molar-refractivity contribution in [2.75, 3.05) is 33.3 Å². The summed E-state index contributed by atoms with van der Waals surface area (Å²) in [5, 5.41) is 0.913. The SMILES string of the molecule is C[C@@H]1C(=O)N(C)CCN1CCOc1ccc(C#Cc2ccc(-c3cn(C)c(=O)c4[nH]ccc34)cc2)cc1. The van der Waals surface area contributed by atoms with Crippen molar-refractivity contribution in [3.63, 3.8) is 0 Å². The van der Waals surface area contributed by atoms with E-state index in [9.17, 15) is 9.59 Å². The number of hydrogen-bond acceptors (Lipinski definition) is 4. The van der Waals surface area contributed by atoms with Crippen LogP contribution in [0.2, 0.25) is 0 Å². The predicted molar refractivity (Wildman–Crippen MR) is 146 cm³/mol. The summed E-state index contributed by atoms with van der Waals surface area (Å²) < 4.78 is 7.49. The van der Waals surface area contributed by atoms with Crippen LogP contribution in [0.3, 0.4) is 0 Å². The van der Waals surface area contributed by atoms with Crippen LogP contribution in [0.5, 0.6) is 5.75 Å². The van der Waals surface area contributed by atoms with Gasteiger partial charge in [-0.15, -0.1) is 0 Å². The summed E-state index contributed by atoms with van der Waals surface area (Å²) in [4.78, 5) is 31.4. The zero-order valence-corrected chi connectivity index (χ0v) is 21.3. The number of fused-ring (bicyclic) bond motifs is 1. The Morgan fingerprint density at radius 1 is 0.946 bits per heavy atom. The van der Waals surface area contributed by atoms with E-state index in [-0.39, 0.29) is 17.5 Å². The van der Waals surface area contributed by atoms with E-state index in [1.165, 1.54) is 0 Å². The molecule has 1 aliphatic rings. The van der Waals surface area contributed by atoms with Crippen molar-refractivity contribution < 1.29 is 9.53 Å². The van der Waals surface area contributed by atoms with Gasteiger partial charge in [0, 0.05) is 68.2 Å². The first-order valence-electron chi connectivity index (χ1n) is 12.4. The molecule has 0 bridgehead atoms. The average molecular weight is 495 g/mol. The maximum Gasteiger partial charge on any atom is 0.274 e. The van der Waals surface area contributed by atoms with E-state index in [0.717, 1.165) is 46.5 Å². The predicted octanol–water partition coefficient (Wildman–Crippen LogP) is 3.47. The number of pyridine rings is 1. The topological polar surface area (TPSA) is 70.6 Å². The molecule has 1 saturated heterocycles. The molecule has 1 fully saturated rings. The standard InChI is InChI=1S/C30H30N4O3/c1-21-29(35)32(2)16-17-34(21)18-19-37-25-12-8-23(9-13-25)5-4-22-6-10-24(11-7-22)27-20-33(3)30(36)28-26(27)14-15-31-28/h6-15,20-21,31H,16-19H2,1-3H3/t21-/m1/s1. The molecule has 1 amide bonds. The molecule has 1 N–H and O–H groups in total. The van der Waals surface area contributed by atoms with Gasteiger partial charge in [0.25, 0.3) is 5.56 Å². The number of aromatic nitrogens is 2. The second-order valence-electron chi connectivity index (χ2n) is 9.40. The summed E-state index contributed by atoms with van der Waals surface area (Å²) in [6, 6.07) is 17.6. The van der Waals surface area contributed by atoms with Crippen molar-refractivity contribution in [3.8, 4) is 28.7 Å². The number of likely N-dealkylation sites (N-methyl/N-ethyl adjacent to an activating group) is 1. The van der Waals surface area contributed by atoms with E-state index in [2.05, 4.69) is 21.7 Å². The fourth-order valence-electron chi connectivity index (χ4n) is 4.65. The van der Waals surface area contributed by atoms with Gasteiger partial charge in [-0.1, -0.05) is 24.0 Å². The monoisotopic (exact) mass is 494 g/mol. The van der Waals surface area contributed by atoms with Crippen LogP contribution in [-0.4, -0.2) is 64.6 Å². The van der Waals surface area contributed by atoms with Crippen molar-refractivity contribution in [2.24, 2.45) is 7.05 Å². The molecule has 188 valence electrons. The molecule has 0 unspecified atom stereocenters. The third-order valence-electron chi connectivity index (χ3n) is 6.95. The van der Waals surface area contributed by atoms with Crippen LogP contribution in [0.4, 0.5) is 0 Å². The molecule has 5 rings (SSSR count). The van der Waals surface area contributed by atoms with Crippen LogP contribution in [0.15, 0.2) is 71.8 Å². The van der Waals surface area contributed by atoms with Crippen molar-refractivity contribution >= 4 is 16.8 Å². The number of rotatable bonds is 5. The van der Waals surface area contributed by atoms with Crippen LogP contribution < -0.4 is 10.3 Å². The molecule has 37 heavy (non-hydrogen) atoms. The van der Waals surface area contributed by atoms with Gasteiger partial charge in [-0.25, -0.2) is 0 Å². The first kappa shape index (κ1) is 24.4. The second-order valence-corrected chi connectivity index (χ2v) is 9.40. The average Bonchev–Trinajstić information content (AvgIpc) is 3.41. The molecule has 2 aromatic heterocycles. The number of carbonyl (C=O) groups is 1. The van der Waals surface area contributed by atoms with Crippen LogP contribution in [0.1, 0.15) is 18.1 Å². The molecule has 3 heterocycles. The minimum Gasteiger partial charge on any atom is -0.492 e. The molecule has 1 aliphatic heterocycles. The molecule has 7 heteroatoms. The van der Waals surface area contributed by atoms with E-state index >= 15 is 0 Å². The van der Waals surface area contributed by atoms with Crippen molar-refractivity contribution in [2.45, 2.75) is 13.0 Å². The van der Waals surface area contributed by atoms with E-state index in [1.54, 1.807) is 22.7 Å². The number of piperazine rings is 1. The summed E-state index contributed by atoms with van der Waals surface area (Å²) in [5.41, 5.74) is 4.42. The Labute approximate surface area is 216 Å². The fraction of sp³-hybridized carbons (Fsp3) is 0.267. The number of H-pyrrole nitrogens is 1. The van der Waals surface area contributed by atoms with E-state index < -0.39 is 0 Å². The lowest BCUT2D eigenvalue weighted by Gasteiger charge is -2.37. The lowest BCUT2D eigenvalue weighted by molar-refractivity contribution is -0.139. The van der Waals surface area contributed by atoms with Gasteiger partial charge in [0.15, 0.2) is 0 Å². The molecule has 0 spiro atoms. The van der Waals surface area contributed by atoms with E-state index in [1.807, 2.05) is 74.8 Å². The highest BCUT2D eigenvalue weighted by Gasteiger charge is 2.28. The Kier molecular flexibility index (Phi) is 6.85. The van der Waals surface area contributed by atoms with Gasteiger partial charge >= 0.3 is 0 Å². The number of benzene rings is 2. The Morgan fingerprint density at radius 3 is 2.32 bits per heavy atom. The zero-order valence-electron chi connectivity index (χ0n) is 21.3. The maximum atomic E-state index is 12.3. The lowest BCUT2D eigenvalue weighted by atomic mass is 10.0. The highest BCUT2D eigenvalue weighted by molar-refractivity contribution is 5.94. The van der Waals surface area contributed by atoms with Gasteiger partial charge in [0.2, 0.25) is 5.91 Å². The van der Waals surface area contributed by atoms with Crippen molar-refractivity contribution in [1.82, 2.24) is 19.4 Å². The number of nitrogens with zero attached hydrogens (tertiary/aromatic N) is 3. The first-order chi connectivity index (χ1) is 17.9. The number of carbonyl (C=O) groups excluding carboxylic acids is 1. The number of ether oxygens (including phenoxy) is 1. The quantitative estimate of drug-likeness (QED) is 0.432.